The fourth-order valence-electron chi connectivity index (χ4n) is 1.88. The molecule has 0 aromatic heterocycles. The van der Waals surface area contributed by atoms with E-state index in [0.29, 0.717) is 11.4 Å². The minimum absolute atomic E-state index is 0.434. The highest BCUT2D eigenvalue weighted by Crippen LogP contribution is 2.24. The van der Waals surface area contributed by atoms with Crippen molar-refractivity contribution in [1.82, 2.24) is 0 Å². The number of benzene rings is 2. The van der Waals surface area contributed by atoms with Gasteiger partial charge in [-0.15, -0.1) is 0 Å². The van der Waals surface area contributed by atoms with Crippen LogP contribution in [0.1, 0.15) is 11.1 Å². The third-order valence-electron chi connectivity index (χ3n) is 2.96. The van der Waals surface area contributed by atoms with Gasteiger partial charge in [-0.3, -0.25) is 5.41 Å². The SMILES string of the molecule is CNc1ccc(OC)cc1C(=N)c1ccc(N)cc1. The van der Waals surface area contributed by atoms with Gasteiger partial charge in [-0.25, -0.2) is 0 Å². The molecule has 0 saturated carbocycles. The third kappa shape index (κ3) is 2.68. The van der Waals surface area contributed by atoms with E-state index in [1.165, 1.54) is 0 Å². The molecule has 4 heteroatoms. The molecule has 0 saturated heterocycles. The smallest absolute Gasteiger partial charge is 0.119 e. The van der Waals surface area contributed by atoms with Crippen LogP contribution in [0.5, 0.6) is 5.75 Å². The molecule has 2 aromatic carbocycles. The van der Waals surface area contributed by atoms with E-state index in [9.17, 15) is 0 Å². The van der Waals surface area contributed by atoms with Crippen LogP contribution in [0.3, 0.4) is 0 Å². The lowest BCUT2D eigenvalue weighted by molar-refractivity contribution is 0.415. The van der Waals surface area contributed by atoms with Crippen LogP contribution in [0.2, 0.25) is 0 Å². The van der Waals surface area contributed by atoms with Gasteiger partial charge in [0, 0.05) is 29.5 Å². The molecule has 0 amide bonds. The van der Waals surface area contributed by atoms with Crippen molar-refractivity contribution in [2.24, 2.45) is 0 Å². The second kappa shape index (κ2) is 5.44. The van der Waals surface area contributed by atoms with Gasteiger partial charge < -0.3 is 15.8 Å². The highest BCUT2D eigenvalue weighted by molar-refractivity contribution is 6.14. The van der Waals surface area contributed by atoms with Crippen molar-refractivity contribution >= 4 is 17.1 Å². The van der Waals surface area contributed by atoms with E-state index < -0.39 is 0 Å². The molecule has 0 radical (unpaired) electrons. The Bertz CT molecular complexity index is 591. The Morgan fingerprint density at radius 2 is 1.84 bits per heavy atom. The summed E-state index contributed by atoms with van der Waals surface area (Å²) < 4.78 is 5.22. The number of nitrogens with one attached hydrogen (secondary N) is 2. The molecule has 0 unspecified atom stereocenters. The first-order chi connectivity index (χ1) is 9.15. The van der Waals surface area contributed by atoms with Crippen LogP contribution < -0.4 is 15.8 Å². The average molecular weight is 255 g/mol. The summed E-state index contributed by atoms with van der Waals surface area (Å²) in [5, 5.41) is 11.4. The van der Waals surface area contributed by atoms with Gasteiger partial charge in [0.05, 0.1) is 12.8 Å². The van der Waals surface area contributed by atoms with E-state index in [4.69, 9.17) is 15.9 Å². The van der Waals surface area contributed by atoms with Crippen molar-refractivity contribution in [3.8, 4) is 5.75 Å². The molecule has 0 atom stereocenters. The first kappa shape index (κ1) is 13.0. The van der Waals surface area contributed by atoms with Gasteiger partial charge in [0.15, 0.2) is 0 Å². The fraction of sp³-hybridized carbons (Fsp3) is 0.133. The number of nitrogen functional groups attached to an aromatic ring is 1. The zero-order valence-corrected chi connectivity index (χ0v) is 11.0. The molecule has 2 aromatic rings. The van der Waals surface area contributed by atoms with Gasteiger partial charge in [-0.1, -0.05) is 12.1 Å². The molecule has 2 rings (SSSR count). The van der Waals surface area contributed by atoms with Gasteiger partial charge in [-0.2, -0.15) is 0 Å². The second-order valence-electron chi connectivity index (χ2n) is 4.16. The van der Waals surface area contributed by atoms with E-state index in [1.807, 2.05) is 37.4 Å². The van der Waals surface area contributed by atoms with Crippen LogP contribution in [0.15, 0.2) is 42.5 Å². The molecule has 19 heavy (non-hydrogen) atoms. The molecule has 0 aliphatic carbocycles. The number of ether oxygens (including phenoxy) is 1. The summed E-state index contributed by atoms with van der Waals surface area (Å²) in [4.78, 5) is 0. The van der Waals surface area contributed by atoms with E-state index in [1.54, 1.807) is 19.2 Å². The Balaban J connectivity index is 2.44. The van der Waals surface area contributed by atoms with Crippen molar-refractivity contribution in [3.05, 3.63) is 53.6 Å². The Kier molecular flexibility index (Phi) is 3.71. The summed E-state index contributed by atoms with van der Waals surface area (Å²) in [6, 6.07) is 12.9. The van der Waals surface area contributed by atoms with Crippen LogP contribution in [-0.2, 0) is 0 Å². The molecule has 4 N–H and O–H groups in total. The third-order valence-corrected chi connectivity index (χ3v) is 2.96. The highest BCUT2D eigenvalue weighted by atomic mass is 16.5. The summed E-state index contributed by atoms with van der Waals surface area (Å²) in [6.45, 7) is 0. The molecule has 98 valence electrons. The Hall–Kier alpha value is -2.49. The molecular formula is C15H17N3O. The predicted octanol–water partition coefficient (Wildman–Crippen LogP) is 2.74. The zero-order chi connectivity index (χ0) is 13.8. The van der Waals surface area contributed by atoms with Crippen LogP contribution >= 0.6 is 0 Å². The van der Waals surface area contributed by atoms with Gasteiger partial charge in [0.25, 0.3) is 0 Å². The summed E-state index contributed by atoms with van der Waals surface area (Å²) in [7, 11) is 3.45. The maximum absolute atomic E-state index is 8.32. The molecule has 0 fully saturated rings. The molecule has 0 aliphatic heterocycles. The minimum Gasteiger partial charge on any atom is -0.497 e. The number of methoxy groups -OCH3 is 1. The van der Waals surface area contributed by atoms with E-state index >= 15 is 0 Å². The van der Waals surface area contributed by atoms with Crippen molar-refractivity contribution in [1.29, 1.82) is 5.41 Å². The van der Waals surface area contributed by atoms with Crippen LogP contribution in [-0.4, -0.2) is 19.9 Å². The van der Waals surface area contributed by atoms with Crippen LogP contribution in [0.4, 0.5) is 11.4 Å². The normalized spacial score (nSPS) is 10.0. The summed E-state index contributed by atoms with van der Waals surface area (Å²) in [5.41, 5.74) is 9.30. The summed E-state index contributed by atoms with van der Waals surface area (Å²) in [5.74, 6) is 0.731. The van der Waals surface area contributed by atoms with Crippen molar-refractivity contribution < 1.29 is 4.74 Å². The Morgan fingerprint density at radius 1 is 1.16 bits per heavy atom. The van der Waals surface area contributed by atoms with Gasteiger partial charge >= 0.3 is 0 Å². The zero-order valence-electron chi connectivity index (χ0n) is 11.0. The van der Waals surface area contributed by atoms with Crippen molar-refractivity contribution in [3.63, 3.8) is 0 Å². The highest BCUT2D eigenvalue weighted by Gasteiger charge is 2.10. The van der Waals surface area contributed by atoms with Crippen LogP contribution in [0, 0.1) is 5.41 Å². The monoisotopic (exact) mass is 255 g/mol. The van der Waals surface area contributed by atoms with Gasteiger partial charge in [0.2, 0.25) is 0 Å². The van der Waals surface area contributed by atoms with Crippen molar-refractivity contribution in [2.45, 2.75) is 0 Å². The Morgan fingerprint density at radius 3 is 2.42 bits per heavy atom. The topological polar surface area (TPSA) is 71.1 Å². The maximum atomic E-state index is 8.32. The molecular weight excluding hydrogens is 238 g/mol. The Labute approximate surface area is 112 Å². The quantitative estimate of drug-likeness (QED) is 0.581. The molecule has 0 spiro atoms. The van der Waals surface area contributed by atoms with E-state index in [0.717, 1.165) is 22.6 Å². The average Bonchev–Trinajstić information content (AvgIpc) is 2.46. The lowest BCUT2D eigenvalue weighted by Gasteiger charge is -2.12. The largest absolute Gasteiger partial charge is 0.497 e. The van der Waals surface area contributed by atoms with Crippen LogP contribution in [0.25, 0.3) is 0 Å². The molecule has 0 aliphatic rings. The van der Waals surface area contributed by atoms with Gasteiger partial charge in [0.1, 0.15) is 5.75 Å². The number of hydrogen-bond acceptors (Lipinski definition) is 4. The van der Waals surface area contributed by atoms with Crippen molar-refractivity contribution in [2.75, 3.05) is 25.2 Å². The maximum Gasteiger partial charge on any atom is 0.119 e. The van der Waals surface area contributed by atoms with E-state index in [2.05, 4.69) is 5.32 Å². The first-order valence-electron chi connectivity index (χ1n) is 5.96. The van der Waals surface area contributed by atoms with E-state index in [-0.39, 0.29) is 0 Å². The summed E-state index contributed by atoms with van der Waals surface area (Å²) in [6.07, 6.45) is 0. The second-order valence-corrected chi connectivity index (χ2v) is 4.16. The molecule has 4 nitrogen and oxygen atoms in total. The predicted molar refractivity (Wildman–Crippen MR) is 79.3 cm³/mol. The first-order valence-corrected chi connectivity index (χ1v) is 5.96. The number of anilines is 2. The summed E-state index contributed by atoms with van der Waals surface area (Å²) >= 11 is 0. The fourth-order valence-corrected chi connectivity index (χ4v) is 1.88. The number of nitrogens with two attached hydrogens (primary N) is 1. The lowest BCUT2D eigenvalue weighted by Crippen LogP contribution is -2.06. The number of rotatable bonds is 4. The molecule has 0 heterocycles. The molecule has 0 bridgehead atoms. The minimum atomic E-state index is 0.434. The van der Waals surface area contributed by atoms with Gasteiger partial charge in [-0.05, 0) is 30.3 Å². The lowest BCUT2D eigenvalue weighted by atomic mass is 10.00. The standard InChI is InChI=1S/C15H17N3O/c1-18-14-8-7-12(19-2)9-13(14)15(17)10-3-5-11(16)6-4-10/h3-9,17-18H,16H2,1-2H3. The number of hydrogen-bond donors (Lipinski definition) is 3.